The molecule has 2 rings (SSSR count). The molecular formula is C13H24N2O2. The van der Waals surface area contributed by atoms with Gasteiger partial charge in [-0.3, -0.25) is 4.79 Å². The minimum Gasteiger partial charge on any atom is -0.381 e. The third-order valence-electron chi connectivity index (χ3n) is 4.12. The molecule has 2 unspecified atom stereocenters. The average Bonchev–Trinajstić information content (AvgIpc) is 2.39. The third-order valence-corrected chi connectivity index (χ3v) is 4.12. The summed E-state index contributed by atoms with van der Waals surface area (Å²) in [6.45, 7) is 2.79. The zero-order valence-electron chi connectivity index (χ0n) is 10.9. The Morgan fingerprint density at radius 2 is 1.88 bits per heavy atom. The van der Waals surface area contributed by atoms with Crippen LogP contribution in [0.3, 0.4) is 0 Å². The molecule has 0 saturated carbocycles. The summed E-state index contributed by atoms with van der Waals surface area (Å²) in [6, 6.07) is 0.0339. The highest BCUT2D eigenvalue weighted by molar-refractivity contribution is 5.81. The van der Waals surface area contributed by atoms with Crippen LogP contribution in [-0.2, 0) is 9.53 Å². The van der Waals surface area contributed by atoms with Crippen molar-refractivity contribution in [2.75, 3.05) is 33.9 Å². The Kier molecular flexibility index (Phi) is 4.40. The maximum Gasteiger partial charge on any atom is 0.239 e. The average molecular weight is 240 g/mol. The normalized spacial score (nSPS) is 31.2. The van der Waals surface area contributed by atoms with Crippen LogP contribution in [0, 0.1) is 11.8 Å². The highest BCUT2D eigenvalue weighted by Gasteiger charge is 2.32. The molecule has 2 aliphatic heterocycles. The highest BCUT2D eigenvalue weighted by Crippen LogP contribution is 2.31. The summed E-state index contributed by atoms with van der Waals surface area (Å²) in [4.78, 5) is 13.7. The molecule has 1 amide bonds. The number of likely N-dealkylation sites (N-methyl/N-ethyl adjacent to an activating group) is 1. The Bertz CT molecular complexity index is 262. The van der Waals surface area contributed by atoms with Crippen molar-refractivity contribution in [1.29, 1.82) is 0 Å². The summed E-state index contributed by atoms with van der Waals surface area (Å²) in [6.07, 6.45) is 4.56. The maximum absolute atomic E-state index is 12.0. The molecule has 98 valence electrons. The van der Waals surface area contributed by atoms with E-state index in [2.05, 4.69) is 5.32 Å². The number of carbonyl (C=O) groups excluding carboxylic acids is 1. The van der Waals surface area contributed by atoms with Crippen LogP contribution in [0.2, 0.25) is 0 Å². The molecule has 17 heavy (non-hydrogen) atoms. The van der Waals surface area contributed by atoms with E-state index in [9.17, 15) is 4.79 Å². The maximum atomic E-state index is 12.0. The van der Waals surface area contributed by atoms with Gasteiger partial charge >= 0.3 is 0 Å². The van der Waals surface area contributed by atoms with E-state index < -0.39 is 0 Å². The Morgan fingerprint density at radius 1 is 1.18 bits per heavy atom. The van der Waals surface area contributed by atoms with Crippen molar-refractivity contribution in [3.8, 4) is 0 Å². The van der Waals surface area contributed by atoms with E-state index >= 15 is 0 Å². The number of rotatable bonds is 2. The molecule has 2 saturated heterocycles. The fourth-order valence-electron chi connectivity index (χ4n) is 3.06. The molecule has 2 atom stereocenters. The molecule has 2 heterocycles. The fourth-order valence-corrected chi connectivity index (χ4v) is 3.06. The van der Waals surface area contributed by atoms with Crippen LogP contribution in [0.25, 0.3) is 0 Å². The van der Waals surface area contributed by atoms with Gasteiger partial charge in [0.1, 0.15) is 0 Å². The lowest BCUT2D eigenvalue weighted by molar-refractivity contribution is -0.132. The molecule has 0 aromatic rings. The molecule has 0 radical (unpaired) electrons. The summed E-state index contributed by atoms with van der Waals surface area (Å²) in [5, 5.41) is 3.35. The van der Waals surface area contributed by atoms with E-state index in [1.165, 1.54) is 19.3 Å². The first kappa shape index (κ1) is 12.8. The Labute approximate surface area is 104 Å². The second-order valence-electron chi connectivity index (χ2n) is 5.47. The van der Waals surface area contributed by atoms with Crippen LogP contribution >= 0.6 is 0 Å². The standard InChI is InChI=1S/C13H24N2O2/c1-15(2)13(16)12-9-11(3-6-14-12)10-4-7-17-8-5-10/h10-12,14H,3-9H2,1-2H3. The predicted molar refractivity (Wildman–Crippen MR) is 66.8 cm³/mol. The molecule has 4 heteroatoms. The largest absolute Gasteiger partial charge is 0.381 e. The van der Waals surface area contributed by atoms with Gasteiger partial charge < -0.3 is 15.0 Å². The molecule has 1 N–H and O–H groups in total. The van der Waals surface area contributed by atoms with Crippen molar-refractivity contribution >= 4 is 5.91 Å². The fraction of sp³-hybridized carbons (Fsp3) is 0.923. The van der Waals surface area contributed by atoms with E-state index in [1.807, 2.05) is 14.1 Å². The molecule has 0 spiro atoms. The van der Waals surface area contributed by atoms with Crippen LogP contribution in [0.4, 0.5) is 0 Å². The van der Waals surface area contributed by atoms with Crippen LogP contribution in [0.1, 0.15) is 25.7 Å². The van der Waals surface area contributed by atoms with Crippen LogP contribution in [0.5, 0.6) is 0 Å². The SMILES string of the molecule is CN(C)C(=O)C1CC(C2CCOCC2)CCN1. The molecule has 4 nitrogen and oxygen atoms in total. The number of hydrogen-bond acceptors (Lipinski definition) is 3. The lowest BCUT2D eigenvalue weighted by atomic mass is 9.78. The van der Waals surface area contributed by atoms with Gasteiger partial charge in [0.05, 0.1) is 6.04 Å². The Morgan fingerprint density at radius 3 is 2.53 bits per heavy atom. The van der Waals surface area contributed by atoms with E-state index in [0.29, 0.717) is 5.92 Å². The van der Waals surface area contributed by atoms with E-state index in [4.69, 9.17) is 4.74 Å². The molecule has 0 aromatic carbocycles. The second-order valence-corrected chi connectivity index (χ2v) is 5.47. The van der Waals surface area contributed by atoms with Gasteiger partial charge in [-0.15, -0.1) is 0 Å². The topological polar surface area (TPSA) is 41.6 Å². The number of piperidine rings is 1. The zero-order chi connectivity index (χ0) is 12.3. The zero-order valence-corrected chi connectivity index (χ0v) is 10.9. The van der Waals surface area contributed by atoms with Gasteiger partial charge in [0.25, 0.3) is 0 Å². The van der Waals surface area contributed by atoms with E-state index in [0.717, 1.165) is 32.1 Å². The van der Waals surface area contributed by atoms with Gasteiger partial charge in [0.2, 0.25) is 5.91 Å². The summed E-state index contributed by atoms with van der Waals surface area (Å²) in [5.41, 5.74) is 0. The monoisotopic (exact) mass is 240 g/mol. The van der Waals surface area contributed by atoms with Gasteiger partial charge in [-0.1, -0.05) is 0 Å². The first-order valence-electron chi connectivity index (χ1n) is 6.70. The summed E-state index contributed by atoms with van der Waals surface area (Å²) >= 11 is 0. The van der Waals surface area contributed by atoms with Crippen molar-refractivity contribution in [3.05, 3.63) is 0 Å². The minimum atomic E-state index is 0.0339. The second kappa shape index (κ2) is 5.83. The van der Waals surface area contributed by atoms with Crippen molar-refractivity contribution in [2.24, 2.45) is 11.8 Å². The number of carbonyl (C=O) groups is 1. The van der Waals surface area contributed by atoms with E-state index in [-0.39, 0.29) is 11.9 Å². The molecule has 0 aliphatic carbocycles. The number of nitrogens with one attached hydrogen (secondary N) is 1. The molecule has 2 aliphatic rings. The Balaban J connectivity index is 1.89. The first-order valence-corrected chi connectivity index (χ1v) is 6.70. The van der Waals surface area contributed by atoms with Crippen LogP contribution in [0.15, 0.2) is 0 Å². The molecule has 2 fully saturated rings. The van der Waals surface area contributed by atoms with Crippen molar-refractivity contribution < 1.29 is 9.53 Å². The van der Waals surface area contributed by atoms with Gasteiger partial charge in [-0.25, -0.2) is 0 Å². The third kappa shape index (κ3) is 3.19. The quantitative estimate of drug-likeness (QED) is 0.778. The number of ether oxygens (including phenoxy) is 1. The summed E-state index contributed by atoms with van der Waals surface area (Å²) < 4.78 is 5.41. The van der Waals surface area contributed by atoms with Crippen LogP contribution < -0.4 is 5.32 Å². The van der Waals surface area contributed by atoms with Crippen molar-refractivity contribution in [1.82, 2.24) is 10.2 Å². The lowest BCUT2D eigenvalue weighted by Gasteiger charge is -2.37. The number of amides is 1. The molecule has 0 bridgehead atoms. The summed E-state index contributed by atoms with van der Waals surface area (Å²) in [5.74, 6) is 1.69. The van der Waals surface area contributed by atoms with Gasteiger partial charge in [-0.2, -0.15) is 0 Å². The molecular weight excluding hydrogens is 216 g/mol. The van der Waals surface area contributed by atoms with Gasteiger partial charge in [0, 0.05) is 27.3 Å². The van der Waals surface area contributed by atoms with Crippen molar-refractivity contribution in [3.63, 3.8) is 0 Å². The Hall–Kier alpha value is -0.610. The highest BCUT2D eigenvalue weighted by atomic mass is 16.5. The predicted octanol–water partition coefficient (Wildman–Crippen LogP) is 0.869. The van der Waals surface area contributed by atoms with E-state index in [1.54, 1.807) is 4.90 Å². The van der Waals surface area contributed by atoms with Crippen LogP contribution in [-0.4, -0.2) is 50.7 Å². The smallest absolute Gasteiger partial charge is 0.239 e. The first-order chi connectivity index (χ1) is 8.18. The minimum absolute atomic E-state index is 0.0339. The summed E-state index contributed by atoms with van der Waals surface area (Å²) in [7, 11) is 3.67. The van der Waals surface area contributed by atoms with Crippen molar-refractivity contribution in [2.45, 2.75) is 31.7 Å². The lowest BCUT2D eigenvalue weighted by Crippen LogP contribution is -2.49. The number of nitrogens with zero attached hydrogens (tertiary/aromatic N) is 1. The number of hydrogen-bond donors (Lipinski definition) is 1. The van der Waals surface area contributed by atoms with Gasteiger partial charge in [0.15, 0.2) is 0 Å². The van der Waals surface area contributed by atoms with Gasteiger partial charge in [-0.05, 0) is 44.1 Å². The molecule has 0 aromatic heterocycles.